The maximum absolute atomic E-state index is 10.6. The van der Waals surface area contributed by atoms with Crippen molar-refractivity contribution in [2.45, 2.75) is 26.7 Å². The van der Waals surface area contributed by atoms with E-state index in [4.69, 9.17) is 0 Å². The van der Waals surface area contributed by atoms with Crippen molar-refractivity contribution in [1.82, 2.24) is 0 Å². The number of Topliss-reactive ketones (excluding diaryl/α,β-unsaturated/α-hetero) is 1. The first-order valence-corrected chi connectivity index (χ1v) is 4.65. The van der Waals surface area contributed by atoms with Crippen LogP contribution in [0.4, 0.5) is 0 Å². The minimum Gasteiger partial charge on any atom is 0 e. The van der Waals surface area contributed by atoms with Crippen molar-refractivity contribution in [1.29, 1.82) is 0 Å². The van der Waals surface area contributed by atoms with E-state index in [0.29, 0.717) is 0 Å². The normalized spacial score (nSPS) is 7.80. The average Bonchev–Trinajstić information content (AvgIpc) is 1.82. The third-order valence-electron chi connectivity index (χ3n) is 1.24. The van der Waals surface area contributed by atoms with Gasteiger partial charge in [-0.15, -0.1) is 0 Å². The van der Waals surface area contributed by atoms with Crippen LogP contribution < -0.4 is 0 Å². The molecule has 0 rings (SSSR count). The van der Waals surface area contributed by atoms with E-state index >= 15 is 0 Å². The molecule has 0 unspecified atom stereocenters. The summed E-state index contributed by atoms with van der Waals surface area (Å²) in [6.07, 6.45) is 2.00. The fourth-order valence-electron chi connectivity index (χ4n) is 0.451. The van der Waals surface area contributed by atoms with E-state index < -0.39 is 0 Å². The maximum Gasteiger partial charge on any atom is 0 e. The topological polar surface area (TPSA) is 17.1 Å². The molecule has 0 spiro atoms. The Morgan fingerprint density at radius 1 is 1.70 bits per heavy atom. The van der Waals surface area contributed by atoms with Crippen molar-refractivity contribution in [3.63, 3.8) is 0 Å². The molecular formula is C7H11OWY-. The van der Waals surface area contributed by atoms with Gasteiger partial charge >= 0.3 is 66.9 Å². The van der Waals surface area contributed by atoms with Crippen LogP contribution >= 0.6 is 0 Å². The first-order valence-electron chi connectivity index (χ1n) is 2.95. The quantitative estimate of drug-likeness (QED) is 0.669. The summed E-state index contributed by atoms with van der Waals surface area (Å²) in [5.41, 5.74) is 0. The zero-order chi connectivity index (χ0) is 7.28. The minimum absolute atomic E-state index is 0. The Balaban J connectivity index is 0. The molecule has 0 bridgehead atoms. The number of rotatable bonds is 4. The SMILES string of the molecule is CC(=O)[C-](C)CC[CH]=[W].[Y]. The molecule has 0 heterocycles. The van der Waals surface area contributed by atoms with Gasteiger partial charge in [-0.3, -0.25) is 0 Å². The van der Waals surface area contributed by atoms with Gasteiger partial charge in [0.25, 0.3) is 0 Å². The number of hydrogen-bond acceptors (Lipinski definition) is 1. The van der Waals surface area contributed by atoms with Gasteiger partial charge in [-0.05, 0) is 0 Å². The van der Waals surface area contributed by atoms with Crippen LogP contribution in [0.5, 0.6) is 0 Å². The summed E-state index contributed by atoms with van der Waals surface area (Å²) in [5.74, 6) is 1.22. The molecule has 0 aromatic rings. The summed E-state index contributed by atoms with van der Waals surface area (Å²) in [4.78, 5) is 10.6. The van der Waals surface area contributed by atoms with Crippen LogP contribution in [0.25, 0.3) is 0 Å². The van der Waals surface area contributed by atoms with E-state index in [1.165, 1.54) is 19.4 Å². The van der Waals surface area contributed by atoms with E-state index in [0.717, 1.165) is 18.8 Å². The molecule has 0 amide bonds. The third-order valence-corrected chi connectivity index (χ3v) is 2.08. The number of carbonyl (C=O) groups excluding carboxylic acids is 1. The maximum atomic E-state index is 10.6. The van der Waals surface area contributed by atoms with Crippen LogP contribution in [-0.4, -0.2) is 10.2 Å². The summed E-state index contributed by atoms with van der Waals surface area (Å²) in [6.45, 7) is 3.53. The number of hydrogen-bond donors (Lipinski definition) is 0. The molecule has 55 valence electrons. The number of carbonyl (C=O) groups is 1. The second-order valence-electron chi connectivity index (χ2n) is 2.04. The fraction of sp³-hybridized carbons (Fsp3) is 0.571. The first-order chi connectivity index (χ1) is 4.18. The standard InChI is InChI=1S/C7H11O.W.Y/c1-4-5-6(2)7(3)8;;/h1H,4-5H2,2-3H3;;/q-1;;. The fourth-order valence-corrected chi connectivity index (χ4v) is 0.875. The monoisotopic (exact) mass is 384 g/mol. The van der Waals surface area contributed by atoms with Gasteiger partial charge in [0, 0.05) is 32.7 Å². The summed E-state index contributed by atoms with van der Waals surface area (Å²) in [5, 5.41) is 0. The van der Waals surface area contributed by atoms with Gasteiger partial charge in [0.15, 0.2) is 0 Å². The van der Waals surface area contributed by atoms with Gasteiger partial charge < -0.3 is 0 Å². The van der Waals surface area contributed by atoms with Gasteiger partial charge in [0.2, 0.25) is 0 Å². The predicted molar refractivity (Wildman–Crippen MR) is 34.9 cm³/mol. The van der Waals surface area contributed by atoms with E-state index in [1.54, 1.807) is 6.92 Å². The van der Waals surface area contributed by atoms with Gasteiger partial charge in [0.1, 0.15) is 0 Å². The molecule has 0 fully saturated rings. The molecule has 0 atom stereocenters. The Bertz CT molecular complexity index is 114. The van der Waals surface area contributed by atoms with Crippen molar-refractivity contribution in [2.75, 3.05) is 0 Å². The Morgan fingerprint density at radius 2 is 2.20 bits per heavy atom. The van der Waals surface area contributed by atoms with E-state index in [9.17, 15) is 4.79 Å². The summed E-state index contributed by atoms with van der Waals surface area (Å²) in [7, 11) is 0. The van der Waals surface area contributed by atoms with E-state index in [-0.39, 0.29) is 38.5 Å². The third kappa shape index (κ3) is 7.31. The largest absolute Gasteiger partial charge is 0 e. The Morgan fingerprint density at radius 3 is 2.50 bits per heavy atom. The molecule has 0 saturated heterocycles. The van der Waals surface area contributed by atoms with Crippen LogP contribution in [0, 0.1) is 5.92 Å². The Kier molecular flexibility index (Phi) is 11.4. The molecule has 1 radical (unpaired) electrons. The zero-order valence-electron chi connectivity index (χ0n) is 6.39. The van der Waals surface area contributed by atoms with Crippen LogP contribution in [0.3, 0.4) is 0 Å². The molecule has 0 aromatic carbocycles. The van der Waals surface area contributed by atoms with Crippen LogP contribution in [-0.2, 0) is 56.9 Å². The summed E-state index contributed by atoms with van der Waals surface area (Å²) in [6, 6.07) is 0. The molecule has 1 nitrogen and oxygen atoms in total. The van der Waals surface area contributed by atoms with Gasteiger partial charge in [-0.1, -0.05) is 0 Å². The van der Waals surface area contributed by atoms with Gasteiger partial charge in [-0.25, -0.2) is 0 Å². The molecule has 0 aliphatic carbocycles. The van der Waals surface area contributed by atoms with Crippen molar-refractivity contribution in [3.05, 3.63) is 5.92 Å². The minimum atomic E-state index is 0. The second-order valence-corrected chi connectivity index (χ2v) is 3.24. The second kappa shape index (κ2) is 8.30. The number of ketones is 1. The molecule has 0 aliphatic rings. The summed E-state index contributed by atoms with van der Waals surface area (Å²) >= 11 is 1.49. The van der Waals surface area contributed by atoms with Gasteiger partial charge in [-0.2, -0.15) is 0 Å². The summed E-state index contributed by atoms with van der Waals surface area (Å²) < 4.78 is 2.16. The van der Waals surface area contributed by atoms with Crippen LogP contribution in [0.2, 0.25) is 0 Å². The smallest absolute Gasteiger partial charge is 0 e. The molecule has 0 aliphatic heterocycles. The van der Waals surface area contributed by atoms with Crippen LogP contribution in [0.1, 0.15) is 26.7 Å². The molecule has 0 aromatic heterocycles. The molecule has 0 saturated carbocycles. The van der Waals surface area contributed by atoms with Gasteiger partial charge in [0.05, 0.1) is 0 Å². The first kappa shape index (κ1) is 13.8. The van der Waals surface area contributed by atoms with E-state index in [2.05, 4.69) is 4.40 Å². The van der Waals surface area contributed by atoms with Crippen molar-refractivity contribution in [2.24, 2.45) is 0 Å². The molecule has 10 heavy (non-hydrogen) atoms. The van der Waals surface area contributed by atoms with Crippen LogP contribution in [0.15, 0.2) is 0 Å². The predicted octanol–water partition coefficient (Wildman–Crippen LogP) is 1.30. The zero-order valence-corrected chi connectivity index (χ0v) is 12.2. The molecule has 0 N–H and O–H groups in total. The van der Waals surface area contributed by atoms with Crippen molar-refractivity contribution in [3.8, 4) is 0 Å². The molecular weight excluding hydrogens is 373 g/mol. The van der Waals surface area contributed by atoms with Crippen molar-refractivity contribution < 1.29 is 56.9 Å². The van der Waals surface area contributed by atoms with E-state index in [1.807, 2.05) is 6.92 Å². The molecule has 3 heteroatoms. The van der Waals surface area contributed by atoms with Crippen molar-refractivity contribution >= 4 is 10.2 Å². The Labute approximate surface area is 98.6 Å². The average molecular weight is 384 g/mol. The Hall–Kier alpha value is 1.20.